The number of para-hydroxylation sites is 2. The van der Waals surface area contributed by atoms with Crippen LogP contribution in [0.4, 0.5) is 68.2 Å². The van der Waals surface area contributed by atoms with Crippen molar-refractivity contribution in [3.05, 3.63) is 454 Å². The first-order valence-corrected chi connectivity index (χ1v) is 46.7. The summed E-state index contributed by atoms with van der Waals surface area (Å²) in [5.74, 6) is -1.38. The number of fused-ring (bicyclic) bond motifs is 3. The van der Waals surface area contributed by atoms with Gasteiger partial charge in [-0.1, -0.05) is 222 Å². The molecule has 0 radical (unpaired) electrons. The number of anilines is 12. The summed E-state index contributed by atoms with van der Waals surface area (Å²) in [7, 11) is 0. The fourth-order valence-electron chi connectivity index (χ4n) is 16.0. The van der Waals surface area contributed by atoms with Crippen LogP contribution in [0.2, 0.25) is 0 Å². The molecule has 694 valence electrons. The van der Waals surface area contributed by atoms with Crippen LogP contribution >= 0.6 is 0 Å². The molecule has 0 N–H and O–H groups in total. The highest BCUT2D eigenvalue weighted by Gasteiger charge is 2.36. The lowest BCUT2D eigenvalue weighted by atomic mass is 9.82. The maximum atomic E-state index is 11.7. The normalized spacial score (nSPS) is 11.2. The van der Waals surface area contributed by atoms with Crippen molar-refractivity contribution in [1.29, 1.82) is 0 Å². The van der Waals surface area contributed by atoms with Crippen LogP contribution in [0.1, 0.15) is 132 Å². The van der Waals surface area contributed by atoms with Gasteiger partial charge in [0, 0.05) is 115 Å². The number of ether oxygens (including phenoxy) is 5. The molecule has 0 fully saturated rings. The van der Waals surface area contributed by atoms with Crippen LogP contribution in [0.25, 0.3) is 22.3 Å². The molecule has 14 aromatic rings. The van der Waals surface area contributed by atoms with Gasteiger partial charge in [0.2, 0.25) is 0 Å². The van der Waals surface area contributed by atoms with Crippen LogP contribution in [0.5, 0.6) is 0 Å². The molecule has 0 aromatic heterocycles. The zero-order valence-corrected chi connectivity index (χ0v) is 81.5. The first-order chi connectivity index (χ1) is 65.5. The van der Waals surface area contributed by atoms with Crippen LogP contribution in [0, 0.1) is 55.4 Å². The lowest BCUT2D eigenvalue weighted by molar-refractivity contribution is -0.141. The summed E-state index contributed by atoms with van der Waals surface area (Å²) < 4.78 is 26.3. The molecule has 0 amide bonds. The second-order valence-electron chi connectivity index (χ2n) is 35.6. The first kappa shape index (κ1) is 100. The summed E-state index contributed by atoms with van der Waals surface area (Å²) in [6.45, 7) is 45.2. The second kappa shape index (κ2) is 48.1. The van der Waals surface area contributed by atoms with E-state index in [-0.39, 0.29) is 35.9 Å². The minimum absolute atomic E-state index is 0.0676. The summed E-state index contributed by atoms with van der Waals surface area (Å²) in [5.41, 5.74) is 37.7. The number of rotatable bonds is 34. The predicted molar refractivity (Wildman–Crippen MR) is 563 cm³/mol. The molecule has 136 heavy (non-hydrogen) atoms. The molecule has 0 saturated carbocycles. The maximum absolute atomic E-state index is 11.7. The van der Waals surface area contributed by atoms with Crippen molar-refractivity contribution in [3.63, 3.8) is 0 Å². The van der Waals surface area contributed by atoms with Crippen LogP contribution in [-0.2, 0) is 74.0 Å². The Morgan fingerprint density at radius 3 is 0.875 bits per heavy atom. The Labute approximate surface area is 806 Å². The second-order valence-corrected chi connectivity index (χ2v) is 35.6. The van der Waals surface area contributed by atoms with E-state index in [1.54, 1.807) is 27.7 Å². The SMILES string of the molecule is C=C(C)C(=O)OCCCc1ccc(N(c2ccccc2)c2ccccc2)cc1.C=C(C)C(=O)OCCOCCCc1ccc(N(c2ccc(C)c(C)c2)c2ccc(C)c(C)c2)cc1.C=C(C)C(=O)OCCc1ccc(N(c2ccc(-c3ccccc3)cc2)c2ccc(C)c(C)c2)cc1.C=C(C)C(=O)OCCc1ccc(N(c2ccc(C)c(C)c2)c2ccc3c(c2)C(C)(C)c2ccccc2-3)cc1. The third-order valence-electron chi connectivity index (χ3n) is 24.6. The minimum atomic E-state index is -0.371. The summed E-state index contributed by atoms with van der Waals surface area (Å²) in [4.78, 5) is 55.3. The molecule has 0 spiro atoms. The van der Waals surface area contributed by atoms with Crippen molar-refractivity contribution in [2.24, 2.45) is 0 Å². The van der Waals surface area contributed by atoms with Crippen molar-refractivity contribution in [2.45, 2.75) is 141 Å². The van der Waals surface area contributed by atoms with Gasteiger partial charge in [0.1, 0.15) is 6.61 Å². The molecule has 0 bridgehead atoms. The van der Waals surface area contributed by atoms with Gasteiger partial charge in [-0.25, -0.2) is 19.2 Å². The van der Waals surface area contributed by atoms with E-state index in [9.17, 15) is 19.2 Å². The zero-order valence-electron chi connectivity index (χ0n) is 81.5. The number of hydrogen-bond donors (Lipinski definition) is 0. The van der Waals surface area contributed by atoms with E-state index < -0.39 is 0 Å². The fourth-order valence-corrected chi connectivity index (χ4v) is 16.0. The molecule has 1 aliphatic rings. The van der Waals surface area contributed by atoms with Gasteiger partial charge in [-0.15, -0.1) is 0 Å². The molecule has 13 nitrogen and oxygen atoms in total. The van der Waals surface area contributed by atoms with Gasteiger partial charge in [-0.2, -0.15) is 0 Å². The monoisotopic (exact) mass is 1800 g/mol. The maximum Gasteiger partial charge on any atom is 0.333 e. The van der Waals surface area contributed by atoms with Crippen molar-refractivity contribution in [2.75, 3.05) is 59.2 Å². The quantitative estimate of drug-likeness (QED) is 0.0164. The van der Waals surface area contributed by atoms with Crippen LogP contribution in [-0.4, -0.2) is 63.5 Å². The highest BCUT2D eigenvalue weighted by atomic mass is 16.6. The Bertz CT molecular complexity index is 6370. The standard InChI is InChI=1S/C35H35NO2.C32H31NO2.C31H37NO3.C25H25NO2/c1-23(2)34(37)38-20-19-26-12-15-27(16-13-26)36(28-14-11-24(3)25(4)21-28)29-17-18-31-30-9-7-8-10-32(30)35(5,6)33(31)22-29;1-23(2)32(34)35-21-20-26-11-16-29(17-12-26)33(31-15-10-24(3)25(4)22-31)30-18-13-28(14-19-30)27-8-6-5-7-9-27;1-22(2)31(33)35-19-18-34-17-7-8-27-11-15-28(16-12-27)32(29-13-9-23(3)25(5)20-29)30-14-10-24(4)26(6)21-30;1-20(2)25(27)28-19-9-10-21-15-17-24(18-16-21)26(22-11-5-3-6-12-22)23-13-7-4-8-14-23/h7-18,21-22H,1,19-20H2,2-6H3;5-19,22H,1,20-21H2,2-4H3;9-16,20-21H,1,7-8,17-19H2,2-6H3;3-8,11-18H,1,9-10,19H2,2H3. The number of aryl methyl sites for hydroxylation is 10. The Kier molecular flexibility index (Phi) is 35.4. The van der Waals surface area contributed by atoms with Gasteiger partial charge in [-0.05, 0) is 355 Å². The van der Waals surface area contributed by atoms with E-state index in [2.05, 4.69) is 400 Å². The van der Waals surface area contributed by atoms with Gasteiger partial charge in [0.25, 0.3) is 0 Å². The van der Waals surface area contributed by atoms with Crippen LogP contribution in [0.15, 0.2) is 376 Å². The minimum Gasteiger partial charge on any atom is -0.462 e. The highest BCUT2D eigenvalue weighted by molar-refractivity contribution is 5.90. The van der Waals surface area contributed by atoms with Crippen molar-refractivity contribution in [1.82, 2.24) is 0 Å². The molecular weight excluding hydrogens is 1680 g/mol. The van der Waals surface area contributed by atoms with E-state index in [1.807, 2.05) is 42.5 Å². The molecule has 15 rings (SSSR count). The number of esters is 4. The molecular formula is C123H128N4O9. The number of hydrogen-bond acceptors (Lipinski definition) is 13. The third-order valence-corrected chi connectivity index (χ3v) is 24.6. The van der Waals surface area contributed by atoms with Gasteiger partial charge in [0.15, 0.2) is 0 Å². The molecule has 0 atom stereocenters. The summed E-state index contributed by atoms with van der Waals surface area (Å²) in [6, 6.07) is 116. The zero-order chi connectivity index (χ0) is 97.0. The van der Waals surface area contributed by atoms with E-state index >= 15 is 0 Å². The summed E-state index contributed by atoms with van der Waals surface area (Å²) >= 11 is 0. The summed E-state index contributed by atoms with van der Waals surface area (Å²) in [6.07, 6.45) is 4.81. The number of carbonyl (C=O) groups excluding carboxylic acids is 4. The van der Waals surface area contributed by atoms with Crippen molar-refractivity contribution >= 4 is 92.1 Å². The van der Waals surface area contributed by atoms with Gasteiger partial charge in [-0.3, -0.25) is 0 Å². The molecule has 13 heteroatoms. The molecule has 0 saturated heterocycles. The van der Waals surface area contributed by atoms with E-state index in [0.717, 1.165) is 105 Å². The lowest BCUT2D eigenvalue weighted by Crippen LogP contribution is -2.16. The first-order valence-electron chi connectivity index (χ1n) is 46.7. The molecule has 0 aliphatic heterocycles. The fraction of sp³-hybridized carbons (Fsp3) is 0.220. The van der Waals surface area contributed by atoms with Crippen LogP contribution in [0.3, 0.4) is 0 Å². The largest absolute Gasteiger partial charge is 0.462 e. The number of carbonyl (C=O) groups is 4. The Balaban J connectivity index is 0.000000164. The topological polar surface area (TPSA) is 127 Å². The average molecular weight is 1810 g/mol. The molecule has 0 unspecified atom stereocenters. The highest BCUT2D eigenvalue weighted by Crippen LogP contribution is 2.51. The van der Waals surface area contributed by atoms with Gasteiger partial charge >= 0.3 is 23.9 Å². The summed E-state index contributed by atoms with van der Waals surface area (Å²) in [5, 5.41) is 0. The van der Waals surface area contributed by atoms with E-state index in [1.165, 1.54) is 89.0 Å². The Hall–Kier alpha value is -14.9. The number of nitrogens with zero attached hydrogens (tertiary/aromatic N) is 4. The third kappa shape index (κ3) is 27.0. The molecule has 1 aliphatic carbocycles. The predicted octanol–water partition coefficient (Wildman–Crippen LogP) is 30.5. The van der Waals surface area contributed by atoms with Crippen molar-refractivity contribution < 1.29 is 42.9 Å². The van der Waals surface area contributed by atoms with Gasteiger partial charge < -0.3 is 43.3 Å². The van der Waals surface area contributed by atoms with E-state index in [0.29, 0.717) is 68.2 Å². The van der Waals surface area contributed by atoms with Crippen molar-refractivity contribution in [3.8, 4) is 22.3 Å². The van der Waals surface area contributed by atoms with Gasteiger partial charge in [0.05, 0.1) is 26.4 Å². The smallest absolute Gasteiger partial charge is 0.333 e. The average Bonchev–Trinajstić information content (AvgIpc) is 1.57. The van der Waals surface area contributed by atoms with Crippen LogP contribution < -0.4 is 19.6 Å². The van der Waals surface area contributed by atoms with E-state index in [4.69, 9.17) is 23.7 Å². The Morgan fingerprint density at radius 1 is 0.243 bits per heavy atom. The Morgan fingerprint density at radius 2 is 0.507 bits per heavy atom. The molecule has 14 aromatic carbocycles. The number of benzene rings is 14. The molecule has 0 heterocycles. The lowest BCUT2D eigenvalue weighted by Gasteiger charge is -2.28.